The predicted octanol–water partition coefficient (Wildman–Crippen LogP) is 5.54. The Balaban J connectivity index is 1.61. The predicted molar refractivity (Wildman–Crippen MR) is 96.4 cm³/mol. The molecule has 1 saturated carbocycles. The summed E-state index contributed by atoms with van der Waals surface area (Å²) >= 11 is 3.69. The summed E-state index contributed by atoms with van der Waals surface area (Å²) in [4.78, 5) is 4.42. The second-order valence-corrected chi connectivity index (χ2v) is 6.87. The van der Waals surface area contributed by atoms with Crippen LogP contribution in [0.3, 0.4) is 0 Å². The second kappa shape index (κ2) is 7.28. The van der Waals surface area contributed by atoms with E-state index in [-0.39, 0.29) is 0 Å². The van der Waals surface area contributed by atoms with E-state index in [4.69, 9.17) is 0 Å². The van der Waals surface area contributed by atoms with Crippen LogP contribution in [0.4, 0.5) is 5.69 Å². The van der Waals surface area contributed by atoms with Gasteiger partial charge in [0.05, 0.1) is 15.9 Å². The third kappa shape index (κ3) is 3.52. The minimum absolute atomic E-state index is 0.573. The fourth-order valence-corrected chi connectivity index (χ4v) is 3.99. The number of nitrogens with zero attached hydrogens (tertiary/aromatic N) is 1. The number of hydrogen-bond acceptors (Lipinski definition) is 2. The van der Waals surface area contributed by atoms with Crippen LogP contribution in [0.15, 0.2) is 47.1 Å². The molecule has 0 spiro atoms. The first kappa shape index (κ1) is 15.5. The van der Waals surface area contributed by atoms with Crippen molar-refractivity contribution in [1.29, 1.82) is 0 Å². The zero-order valence-corrected chi connectivity index (χ0v) is 14.6. The summed E-state index contributed by atoms with van der Waals surface area (Å²) in [6.07, 6.45) is 7.86. The maximum absolute atomic E-state index is 4.42. The Hall–Kier alpha value is -1.35. The van der Waals surface area contributed by atoms with E-state index in [1.165, 1.54) is 36.9 Å². The highest BCUT2D eigenvalue weighted by Gasteiger charge is 2.22. The van der Waals surface area contributed by atoms with E-state index in [2.05, 4.69) is 69.6 Å². The van der Waals surface area contributed by atoms with Crippen molar-refractivity contribution in [3.63, 3.8) is 0 Å². The Labute approximate surface area is 141 Å². The highest BCUT2D eigenvalue weighted by molar-refractivity contribution is 9.10. The van der Waals surface area contributed by atoms with Crippen LogP contribution in [0.25, 0.3) is 0 Å². The van der Waals surface area contributed by atoms with Crippen molar-refractivity contribution in [3.8, 4) is 0 Å². The molecule has 0 radical (unpaired) electrons. The van der Waals surface area contributed by atoms with Gasteiger partial charge in [0, 0.05) is 12.2 Å². The lowest BCUT2D eigenvalue weighted by atomic mass is 9.82. The van der Waals surface area contributed by atoms with Gasteiger partial charge in [-0.2, -0.15) is 0 Å². The molecule has 2 nitrogen and oxygen atoms in total. The molecule has 22 heavy (non-hydrogen) atoms. The lowest BCUT2D eigenvalue weighted by molar-refractivity contribution is 0.412. The van der Waals surface area contributed by atoms with Crippen molar-refractivity contribution in [1.82, 2.24) is 4.98 Å². The zero-order chi connectivity index (χ0) is 15.4. The maximum Gasteiger partial charge on any atom is 0.0622 e. The average molecular weight is 359 g/mol. The van der Waals surface area contributed by atoms with E-state index in [1.807, 2.05) is 6.20 Å². The fourth-order valence-electron chi connectivity index (χ4n) is 3.36. The molecule has 116 valence electrons. The molecular formula is C19H23BrN2. The minimum atomic E-state index is 0.573. The van der Waals surface area contributed by atoms with Crippen molar-refractivity contribution in [2.24, 2.45) is 0 Å². The van der Waals surface area contributed by atoms with Crippen molar-refractivity contribution < 1.29 is 0 Å². The Kier molecular flexibility index (Phi) is 5.14. The van der Waals surface area contributed by atoms with Gasteiger partial charge in [0.1, 0.15) is 0 Å². The highest BCUT2D eigenvalue weighted by Crippen LogP contribution is 2.35. The van der Waals surface area contributed by atoms with E-state index >= 15 is 0 Å². The molecular weight excluding hydrogens is 336 g/mol. The molecule has 1 aromatic carbocycles. The third-order valence-electron chi connectivity index (χ3n) is 4.65. The third-order valence-corrected chi connectivity index (χ3v) is 5.54. The van der Waals surface area contributed by atoms with Gasteiger partial charge < -0.3 is 5.32 Å². The normalized spacial score (nSPS) is 21.5. The molecule has 1 fully saturated rings. The van der Waals surface area contributed by atoms with Crippen LogP contribution < -0.4 is 5.32 Å². The molecule has 3 rings (SSSR count). The maximum atomic E-state index is 4.42. The molecule has 0 bridgehead atoms. The molecule has 1 aromatic heterocycles. The molecule has 0 unspecified atom stereocenters. The van der Waals surface area contributed by atoms with Crippen LogP contribution in [-0.2, 0) is 6.42 Å². The number of rotatable bonds is 4. The van der Waals surface area contributed by atoms with Crippen LogP contribution >= 0.6 is 15.9 Å². The Morgan fingerprint density at radius 3 is 2.50 bits per heavy atom. The van der Waals surface area contributed by atoms with Gasteiger partial charge in [-0.1, -0.05) is 37.3 Å². The quantitative estimate of drug-likeness (QED) is 0.775. The van der Waals surface area contributed by atoms with Gasteiger partial charge in [-0.3, -0.25) is 4.98 Å². The number of hydrogen-bond donors (Lipinski definition) is 1. The van der Waals surface area contributed by atoms with Crippen LogP contribution in [-0.4, -0.2) is 11.0 Å². The molecule has 2 aromatic rings. The first-order valence-corrected chi connectivity index (χ1v) is 9.02. The Morgan fingerprint density at radius 2 is 1.82 bits per heavy atom. The van der Waals surface area contributed by atoms with Gasteiger partial charge in [0.15, 0.2) is 0 Å². The van der Waals surface area contributed by atoms with Crippen LogP contribution in [0.1, 0.15) is 49.8 Å². The number of aryl methyl sites for hydroxylation is 1. The van der Waals surface area contributed by atoms with E-state index in [1.54, 1.807) is 0 Å². The van der Waals surface area contributed by atoms with Crippen molar-refractivity contribution in [2.45, 2.75) is 51.0 Å². The topological polar surface area (TPSA) is 24.9 Å². The summed E-state index contributed by atoms with van der Waals surface area (Å²) in [6.45, 7) is 2.14. The highest BCUT2D eigenvalue weighted by atomic mass is 79.9. The number of pyridine rings is 1. The molecule has 1 heterocycles. The smallest absolute Gasteiger partial charge is 0.0622 e. The van der Waals surface area contributed by atoms with Gasteiger partial charge in [-0.15, -0.1) is 0 Å². The van der Waals surface area contributed by atoms with Crippen LogP contribution in [0, 0.1) is 0 Å². The summed E-state index contributed by atoms with van der Waals surface area (Å²) in [5.74, 6) is 0.728. The lowest BCUT2D eigenvalue weighted by Crippen LogP contribution is -2.25. The van der Waals surface area contributed by atoms with E-state index in [0.29, 0.717) is 6.04 Å². The van der Waals surface area contributed by atoms with E-state index in [0.717, 1.165) is 22.5 Å². The number of benzene rings is 1. The summed E-state index contributed by atoms with van der Waals surface area (Å²) < 4.78 is 1.13. The number of halogens is 1. The summed E-state index contributed by atoms with van der Waals surface area (Å²) in [5, 5.41) is 3.71. The van der Waals surface area contributed by atoms with Crippen molar-refractivity contribution in [3.05, 3.63) is 58.3 Å². The average Bonchev–Trinajstić information content (AvgIpc) is 2.58. The standard InChI is InChI=1S/C19H23BrN2/c1-2-17-19(20)18(12-13-21-17)22-16-10-8-15(9-11-16)14-6-4-3-5-7-14/h3-7,12-13,15-16H,2,8-11H2,1H3,(H,21,22)/t15-,16-. The van der Waals surface area contributed by atoms with E-state index < -0.39 is 0 Å². The SMILES string of the molecule is CCc1nccc(N[C@H]2CC[C@H](c3ccccc3)CC2)c1Br. The number of aromatic nitrogens is 1. The summed E-state index contributed by atoms with van der Waals surface area (Å²) in [6, 6.07) is 13.6. The molecule has 1 aliphatic carbocycles. The van der Waals surface area contributed by atoms with Gasteiger partial charge in [0.2, 0.25) is 0 Å². The van der Waals surface area contributed by atoms with Crippen LogP contribution in [0.2, 0.25) is 0 Å². The number of nitrogens with one attached hydrogen (secondary N) is 1. The molecule has 1 aliphatic rings. The second-order valence-electron chi connectivity index (χ2n) is 6.08. The molecule has 0 aliphatic heterocycles. The van der Waals surface area contributed by atoms with Crippen molar-refractivity contribution in [2.75, 3.05) is 5.32 Å². The first-order valence-electron chi connectivity index (χ1n) is 8.22. The lowest BCUT2D eigenvalue weighted by Gasteiger charge is -2.30. The molecule has 0 saturated heterocycles. The van der Waals surface area contributed by atoms with Gasteiger partial charge in [-0.25, -0.2) is 0 Å². The minimum Gasteiger partial charge on any atom is -0.381 e. The first-order chi connectivity index (χ1) is 10.8. The fraction of sp³-hybridized carbons (Fsp3) is 0.421. The molecule has 3 heteroatoms. The summed E-state index contributed by atoms with van der Waals surface area (Å²) in [5.41, 5.74) is 3.82. The molecule has 0 amide bonds. The Bertz CT molecular complexity index is 604. The Morgan fingerprint density at radius 1 is 1.09 bits per heavy atom. The van der Waals surface area contributed by atoms with E-state index in [9.17, 15) is 0 Å². The number of anilines is 1. The zero-order valence-electron chi connectivity index (χ0n) is 13.1. The monoisotopic (exact) mass is 358 g/mol. The van der Waals surface area contributed by atoms with Crippen LogP contribution in [0.5, 0.6) is 0 Å². The van der Waals surface area contributed by atoms with Gasteiger partial charge in [-0.05, 0) is 65.6 Å². The largest absolute Gasteiger partial charge is 0.381 e. The van der Waals surface area contributed by atoms with Gasteiger partial charge in [0.25, 0.3) is 0 Å². The molecule has 1 N–H and O–H groups in total. The molecule has 0 atom stereocenters. The summed E-state index contributed by atoms with van der Waals surface area (Å²) in [7, 11) is 0. The van der Waals surface area contributed by atoms with Crippen molar-refractivity contribution >= 4 is 21.6 Å². The van der Waals surface area contributed by atoms with Gasteiger partial charge >= 0.3 is 0 Å².